The van der Waals surface area contributed by atoms with Crippen LogP contribution in [-0.4, -0.2) is 19.7 Å². The minimum absolute atomic E-state index is 0.00849. The maximum Gasteiger partial charge on any atom is 0.153 e. The van der Waals surface area contributed by atoms with E-state index in [0.29, 0.717) is 10.9 Å². The van der Waals surface area contributed by atoms with Crippen molar-refractivity contribution in [1.29, 1.82) is 0 Å². The fraction of sp³-hybridized carbons (Fsp3) is 0.500. The predicted octanol–water partition coefficient (Wildman–Crippen LogP) is 1.43. The van der Waals surface area contributed by atoms with Gasteiger partial charge in [0.1, 0.15) is 10.8 Å². The number of aromatic nitrogens is 1. The summed E-state index contributed by atoms with van der Waals surface area (Å²) < 4.78 is 21.7. The highest BCUT2D eigenvalue weighted by Crippen LogP contribution is 2.13. The Labute approximate surface area is 80.3 Å². The fourth-order valence-corrected chi connectivity index (χ4v) is 2.93. The van der Waals surface area contributed by atoms with Gasteiger partial charge in [0, 0.05) is 11.6 Å². The van der Waals surface area contributed by atoms with E-state index in [-0.39, 0.29) is 5.75 Å². The zero-order valence-corrected chi connectivity index (χ0v) is 8.84. The summed E-state index contributed by atoms with van der Waals surface area (Å²) in [5.74, 6) is 0.342. The molecule has 0 N–H and O–H groups in total. The summed E-state index contributed by atoms with van der Waals surface area (Å²) in [7, 11) is -2.97. The number of thiazole rings is 1. The molecule has 1 heterocycles. The van der Waals surface area contributed by atoms with E-state index < -0.39 is 9.84 Å². The molecule has 0 bridgehead atoms. The lowest BCUT2D eigenvalue weighted by Gasteiger charge is -1.90. The third-order valence-corrected chi connectivity index (χ3v) is 3.27. The van der Waals surface area contributed by atoms with Crippen LogP contribution >= 0.6 is 22.9 Å². The van der Waals surface area contributed by atoms with Crippen molar-refractivity contribution >= 4 is 32.8 Å². The van der Waals surface area contributed by atoms with Crippen LogP contribution < -0.4 is 0 Å². The van der Waals surface area contributed by atoms with Gasteiger partial charge in [-0.3, -0.25) is 0 Å². The van der Waals surface area contributed by atoms with E-state index in [1.54, 1.807) is 5.38 Å². The van der Waals surface area contributed by atoms with E-state index in [1.165, 1.54) is 17.6 Å². The molecule has 0 saturated heterocycles. The molecule has 0 aliphatic carbocycles. The van der Waals surface area contributed by atoms with Gasteiger partial charge >= 0.3 is 0 Å². The number of nitrogens with zero attached hydrogens (tertiary/aromatic N) is 1. The van der Waals surface area contributed by atoms with Crippen LogP contribution in [-0.2, 0) is 21.5 Å². The standard InChI is InChI=1S/C6H8ClNO2S2/c1-12(9,10)4-6-8-5(2-7)3-11-6/h3H,2,4H2,1H3. The molecular formula is C6H8ClNO2S2. The molecule has 3 nitrogen and oxygen atoms in total. The first-order chi connectivity index (χ1) is 5.51. The van der Waals surface area contributed by atoms with E-state index in [1.807, 2.05) is 0 Å². The smallest absolute Gasteiger partial charge is 0.153 e. The predicted molar refractivity (Wildman–Crippen MR) is 50.2 cm³/mol. The summed E-state index contributed by atoms with van der Waals surface area (Å²) in [6, 6.07) is 0. The summed E-state index contributed by atoms with van der Waals surface area (Å²) in [6.07, 6.45) is 1.19. The minimum Gasteiger partial charge on any atom is -0.244 e. The van der Waals surface area contributed by atoms with Gasteiger partial charge in [-0.25, -0.2) is 13.4 Å². The zero-order chi connectivity index (χ0) is 9.19. The van der Waals surface area contributed by atoms with E-state index >= 15 is 0 Å². The number of hydrogen-bond acceptors (Lipinski definition) is 4. The molecule has 0 saturated carbocycles. The van der Waals surface area contributed by atoms with Gasteiger partial charge in [0.05, 0.1) is 11.6 Å². The van der Waals surface area contributed by atoms with Crippen molar-refractivity contribution in [2.75, 3.05) is 6.26 Å². The number of halogens is 1. The molecule has 0 radical (unpaired) electrons. The molecule has 1 aromatic rings. The molecule has 6 heteroatoms. The molecule has 12 heavy (non-hydrogen) atoms. The van der Waals surface area contributed by atoms with Crippen molar-refractivity contribution in [1.82, 2.24) is 4.98 Å². The Morgan fingerprint density at radius 1 is 1.67 bits per heavy atom. The minimum atomic E-state index is -2.97. The van der Waals surface area contributed by atoms with Crippen LogP contribution in [0.2, 0.25) is 0 Å². The number of rotatable bonds is 3. The maximum absolute atomic E-state index is 10.8. The van der Waals surface area contributed by atoms with Crippen LogP contribution in [0.4, 0.5) is 0 Å². The van der Waals surface area contributed by atoms with Gasteiger partial charge in [-0.15, -0.1) is 22.9 Å². The van der Waals surface area contributed by atoms with Crippen molar-refractivity contribution in [3.63, 3.8) is 0 Å². The van der Waals surface area contributed by atoms with Gasteiger partial charge in [-0.2, -0.15) is 0 Å². The highest BCUT2D eigenvalue weighted by atomic mass is 35.5. The average Bonchev–Trinajstić information content (AvgIpc) is 2.32. The number of alkyl halides is 1. The highest BCUT2D eigenvalue weighted by Gasteiger charge is 2.08. The second-order valence-corrected chi connectivity index (χ2v) is 5.79. The van der Waals surface area contributed by atoms with Gasteiger partial charge in [0.2, 0.25) is 0 Å². The quantitative estimate of drug-likeness (QED) is 0.732. The summed E-state index contributed by atoms with van der Waals surface area (Å²) in [4.78, 5) is 4.02. The van der Waals surface area contributed by atoms with E-state index in [0.717, 1.165) is 5.69 Å². The Morgan fingerprint density at radius 2 is 2.33 bits per heavy atom. The van der Waals surface area contributed by atoms with Gasteiger partial charge < -0.3 is 0 Å². The molecule has 1 aromatic heterocycles. The first-order valence-corrected chi connectivity index (χ1v) is 6.66. The molecule has 0 spiro atoms. The van der Waals surface area contributed by atoms with E-state index in [9.17, 15) is 8.42 Å². The summed E-state index contributed by atoms with van der Waals surface area (Å²) in [5, 5.41) is 2.38. The van der Waals surface area contributed by atoms with Crippen molar-refractivity contribution in [2.45, 2.75) is 11.6 Å². The Bertz CT molecular complexity index is 357. The van der Waals surface area contributed by atoms with Crippen LogP contribution in [0, 0.1) is 0 Å². The third kappa shape index (κ3) is 3.08. The molecular weight excluding hydrogens is 218 g/mol. The summed E-state index contributed by atoms with van der Waals surface area (Å²) in [6.45, 7) is 0. The normalized spacial score (nSPS) is 11.8. The zero-order valence-electron chi connectivity index (χ0n) is 6.45. The topological polar surface area (TPSA) is 47.0 Å². The van der Waals surface area contributed by atoms with Gasteiger partial charge in [0.15, 0.2) is 9.84 Å². The Hall–Kier alpha value is -0.130. The lowest BCUT2D eigenvalue weighted by atomic mass is 10.6. The molecule has 0 amide bonds. The van der Waals surface area contributed by atoms with Crippen molar-refractivity contribution in [2.24, 2.45) is 0 Å². The van der Waals surface area contributed by atoms with Gasteiger partial charge in [-0.1, -0.05) is 0 Å². The second-order valence-electron chi connectivity index (χ2n) is 2.44. The lowest BCUT2D eigenvalue weighted by molar-refractivity contribution is 0.601. The first kappa shape index (κ1) is 9.95. The van der Waals surface area contributed by atoms with Crippen LogP contribution in [0.3, 0.4) is 0 Å². The Balaban J connectivity index is 2.78. The molecule has 1 rings (SSSR count). The third-order valence-electron chi connectivity index (χ3n) is 1.12. The SMILES string of the molecule is CS(=O)(=O)Cc1nc(CCl)cs1. The average molecular weight is 226 g/mol. The van der Waals surface area contributed by atoms with Gasteiger partial charge in [0.25, 0.3) is 0 Å². The van der Waals surface area contributed by atoms with Gasteiger partial charge in [-0.05, 0) is 0 Å². The molecule has 68 valence electrons. The molecule has 0 aliphatic rings. The largest absolute Gasteiger partial charge is 0.244 e. The number of sulfone groups is 1. The first-order valence-electron chi connectivity index (χ1n) is 3.18. The Kier molecular flexibility index (Phi) is 3.09. The van der Waals surface area contributed by atoms with Crippen molar-refractivity contribution in [3.8, 4) is 0 Å². The van der Waals surface area contributed by atoms with Crippen molar-refractivity contribution in [3.05, 3.63) is 16.1 Å². The maximum atomic E-state index is 10.8. The van der Waals surface area contributed by atoms with E-state index in [2.05, 4.69) is 4.98 Å². The van der Waals surface area contributed by atoms with Crippen LogP contribution in [0.1, 0.15) is 10.7 Å². The molecule has 0 aliphatic heterocycles. The highest BCUT2D eigenvalue weighted by molar-refractivity contribution is 7.90. The number of hydrogen-bond donors (Lipinski definition) is 0. The summed E-state index contributed by atoms with van der Waals surface area (Å²) >= 11 is 6.83. The monoisotopic (exact) mass is 225 g/mol. The molecule has 0 fully saturated rings. The van der Waals surface area contributed by atoms with Crippen LogP contribution in [0.25, 0.3) is 0 Å². The molecule has 0 aromatic carbocycles. The second kappa shape index (κ2) is 3.72. The molecule has 0 atom stereocenters. The van der Waals surface area contributed by atoms with E-state index in [4.69, 9.17) is 11.6 Å². The fourth-order valence-electron chi connectivity index (χ4n) is 0.701. The lowest BCUT2D eigenvalue weighted by Crippen LogP contribution is -2.00. The van der Waals surface area contributed by atoms with Crippen molar-refractivity contribution < 1.29 is 8.42 Å². The van der Waals surface area contributed by atoms with Crippen LogP contribution in [0.15, 0.2) is 5.38 Å². The van der Waals surface area contributed by atoms with Crippen LogP contribution in [0.5, 0.6) is 0 Å². The summed E-state index contributed by atoms with van der Waals surface area (Å²) in [5.41, 5.74) is 0.736. The molecule has 0 unspecified atom stereocenters. The Morgan fingerprint density at radius 3 is 2.75 bits per heavy atom.